The highest BCUT2D eigenvalue weighted by Gasteiger charge is 2.07. The summed E-state index contributed by atoms with van der Waals surface area (Å²) in [6, 6.07) is 11.9. The van der Waals surface area contributed by atoms with Crippen LogP contribution in [-0.4, -0.2) is 17.7 Å². The number of anilines is 2. The van der Waals surface area contributed by atoms with E-state index in [-0.39, 0.29) is 5.97 Å². The predicted molar refractivity (Wildman–Crippen MR) is 98.7 cm³/mol. The third-order valence-electron chi connectivity index (χ3n) is 2.83. The Morgan fingerprint density at radius 3 is 2.48 bits per heavy atom. The molecule has 4 nitrogen and oxygen atoms in total. The van der Waals surface area contributed by atoms with Gasteiger partial charge in [-0.1, -0.05) is 23.2 Å². The van der Waals surface area contributed by atoms with Gasteiger partial charge in [-0.3, -0.25) is 0 Å². The van der Waals surface area contributed by atoms with Crippen molar-refractivity contribution in [3.05, 3.63) is 58.1 Å². The van der Waals surface area contributed by atoms with Crippen molar-refractivity contribution in [1.82, 2.24) is 0 Å². The largest absolute Gasteiger partial charge is 0.462 e. The summed E-state index contributed by atoms with van der Waals surface area (Å²) in [7, 11) is 0. The quantitative estimate of drug-likeness (QED) is 0.588. The molecule has 0 heterocycles. The van der Waals surface area contributed by atoms with Crippen LogP contribution in [0.5, 0.6) is 0 Å². The number of ether oxygens (including phenoxy) is 1. The Balaban J connectivity index is 2.00. The van der Waals surface area contributed by atoms with Crippen molar-refractivity contribution < 1.29 is 9.53 Å². The van der Waals surface area contributed by atoms with Gasteiger partial charge in [-0.2, -0.15) is 0 Å². The second-order valence-electron chi connectivity index (χ2n) is 4.50. The van der Waals surface area contributed by atoms with Crippen molar-refractivity contribution >= 4 is 57.9 Å². The van der Waals surface area contributed by atoms with Crippen LogP contribution in [0.3, 0.4) is 0 Å². The minimum absolute atomic E-state index is 0.341. The summed E-state index contributed by atoms with van der Waals surface area (Å²) in [6.07, 6.45) is 0. The number of esters is 1. The van der Waals surface area contributed by atoms with E-state index in [4.69, 9.17) is 40.2 Å². The van der Waals surface area contributed by atoms with Crippen LogP contribution in [0.2, 0.25) is 10.0 Å². The van der Waals surface area contributed by atoms with E-state index in [9.17, 15) is 4.79 Å². The molecule has 7 heteroatoms. The van der Waals surface area contributed by atoms with E-state index in [0.717, 1.165) is 5.69 Å². The molecule has 2 aromatic rings. The maximum absolute atomic E-state index is 11.6. The standard InChI is InChI=1S/C16H14Cl2N2O2S/c1-2-22-15(21)10-3-6-12(7-4-10)19-16(23)20-14-9-11(17)5-8-13(14)18/h3-9H,2H2,1H3,(H2,19,20,23). The molecule has 0 unspecified atom stereocenters. The second kappa shape index (κ2) is 8.15. The van der Waals surface area contributed by atoms with Gasteiger partial charge in [0.25, 0.3) is 0 Å². The molecule has 0 aliphatic carbocycles. The number of carbonyl (C=O) groups excluding carboxylic acids is 1. The summed E-state index contributed by atoms with van der Waals surface area (Å²) in [6.45, 7) is 2.10. The zero-order valence-corrected chi connectivity index (χ0v) is 14.6. The van der Waals surface area contributed by atoms with Crippen LogP contribution < -0.4 is 10.6 Å². The highest BCUT2D eigenvalue weighted by Crippen LogP contribution is 2.25. The molecule has 2 rings (SSSR count). The lowest BCUT2D eigenvalue weighted by atomic mass is 10.2. The Hall–Kier alpha value is -1.82. The molecule has 0 saturated heterocycles. The first kappa shape index (κ1) is 17.5. The first-order valence-corrected chi connectivity index (χ1v) is 7.96. The molecule has 0 spiro atoms. The van der Waals surface area contributed by atoms with Crippen molar-refractivity contribution in [1.29, 1.82) is 0 Å². The Kier molecular flexibility index (Phi) is 6.21. The Bertz CT molecular complexity index is 721. The number of rotatable bonds is 4. The molecule has 0 fully saturated rings. The number of halogens is 2. The van der Waals surface area contributed by atoms with E-state index in [1.54, 1.807) is 49.4 Å². The summed E-state index contributed by atoms with van der Waals surface area (Å²) >= 11 is 17.2. The van der Waals surface area contributed by atoms with Gasteiger partial charge in [-0.25, -0.2) is 4.79 Å². The van der Waals surface area contributed by atoms with Crippen molar-refractivity contribution in [2.45, 2.75) is 6.92 Å². The fraction of sp³-hybridized carbons (Fsp3) is 0.125. The Morgan fingerprint density at radius 2 is 1.83 bits per heavy atom. The normalized spacial score (nSPS) is 10.0. The van der Waals surface area contributed by atoms with Gasteiger partial charge in [-0.05, 0) is 61.6 Å². The van der Waals surface area contributed by atoms with Crippen LogP contribution in [0.25, 0.3) is 0 Å². The molecular weight excluding hydrogens is 355 g/mol. The minimum atomic E-state index is -0.356. The molecule has 2 N–H and O–H groups in total. The highest BCUT2D eigenvalue weighted by molar-refractivity contribution is 7.80. The molecule has 120 valence electrons. The van der Waals surface area contributed by atoms with Gasteiger partial charge in [0.1, 0.15) is 0 Å². The Labute approximate surface area is 149 Å². The highest BCUT2D eigenvalue weighted by atomic mass is 35.5. The average Bonchev–Trinajstić information content (AvgIpc) is 2.52. The van der Waals surface area contributed by atoms with Crippen molar-refractivity contribution in [2.24, 2.45) is 0 Å². The number of thiocarbonyl (C=S) groups is 1. The fourth-order valence-electron chi connectivity index (χ4n) is 1.78. The van der Waals surface area contributed by atoms with E-state index in [0.29, 0.717) is 33.0 Å². The van der Waals surface area contributed by atoms with Crippen LogP contribution in [0.4, 0.5) is 11.4 Å². The molecular formula is C16H14Cl2N2O2S. The molecule has 0 bridgehead atoms. The van der Waals surface area contributed by atoms with Crippen LogP contribution in [0, 0.1) is 0 Å². The zero-order chi connectivity index (χ0) is 16.8. The molecule has 23 heavy (non-hydrogen) atoms. The van der Waals surface area contributed by atoms with Gasteiger partial charge in [0.05, 0.1) is 22.9 Å². The molecule has 0 aliphatic rings. The summed E-state index contributed by atoms with van der Waals surface area (Å²) in [4.78, 5) is 11.6. The lowest BCUT2D eigenvalue weighted by molar-refractivity contribution is 0.0526. The fourth-order valence-corrected chi connectivity index (χ4v) is 2.35. The molecule has 0 aromatic heterocycles. The van der Waals surface area contributed by atoms with Gasteiger partial charge in [-0.15, -0.1) is 0 Å². The Morgan fingerprint density at radius 1 is 1.13 bits per heavy atom. The van der Waals surface area contributed by atoms with E-state index >= 15 is 0 Å². The number of hydrogen-bond donors (Lipinski definition) is 2. The maximum Gasteiger partial charge on any atom is 0.338 e. The smallest absolute Gasteiger partial charge is 0.338 e. The summed E-state index contributed by atoms with van der Waals surface area (Å²) in [5, 5.41) is 7.40. The van der Waals surface area contributed by atoms with Crippen molar-refractivity contribution in [3.63, 3.8) is 0 Å². The first-order chi connectivity index (χ1) is 11.0. The van der Waals surface area contributed by atoms with Gasteiger partial charge >= 0.3 is 5.97 Å². The maximum atomic E-state index is 11.6. The predicted octanol–water partition coefficient (Wildman–Crippen LogP) is 4.98. The summed E-state index contributed by atoms with van der Waals surface area (Å²) in [5.41, 5.74) is 1.82. The molecule has 0 radical (unpaired) electrons. The first-order valence-electron chi connectivity index (χ1n) is 6.80. The lowest BCUT2D eigenvalue weighted by Crippen LogP contribution is -2.19. The number of benzene rings is 2. The SMILES string of the molecule is CCOC(=O)c1ccc(NC(=S)Nc2cc(Cl)ccc2Cl)cc1. The van der Waals surface area contributed by atoms with E-state index < -0.39 is 0 Å². The summed E-state index contributed by atoms with van der Waals surface area (Å²) in [5.74, 6) is -0.356. The monoisotopic (exact) mass is 368 g/mol. The average molecular weight is 369 g/mol. The third-order valence-corrected chi connectivity index (χ3v) is 3.60. The molecule has 0 saturated carbocycles. The second-order valence-corrected chi connectivity index (χ2v) is 5.75. The van der Waals surface area contributed by atoms with Crippen LogP contribution in [0.15, 0.2) is 42.5 Å². The topological polar surface area (TPSA) is 50.4 Å². The van der Waals surface area contributed by atoms with E-state index in [2.05, 4.69) is 10.6 Å². The third kappa shape index (κ3) is 5.10. The van der Waals surface area contributed by atoms with Crippen molar-refractivity contribution in [2.75, 3.05) is 17.2 Å². The van der Waals surface area contributed by atoms with Gasteiger partial charge < -0.3 is 15.4 Å². The van der Waals surface area contributed by atoms with Gasteiger partial charge in [0, 0.05) is 10.7 Å². The minimum Gasteiger partial charge on any atom is -0.462 e. The number of nitrogens with one attached hydrogen (secondary N) is 2. The van der Waals surface area contributed by atoms with E-state index in [1.807, 2.05) is 0 Å². The molecule has 0 atom stereocenters. The lowest BCUT2D eigenvalue weighted by Gasteiger charge is -2.12. The molecule has 0 aliphatic heterocycles. The van der Waals surface area contributed by atoms with Crippen molar-refractivity contribution in [3.8, 4) is 0 Å². The number of carbonyl (C=O) groups is 1. The van der Waals surface area contributed by atoms with Gasteiger partial charge in [0.15, 0.2) is 5.11 Å². The van der Waals surface area contributed by atoms with E-state index in [1.165, 1.54) is 0 Å². The molecule has 0 amide bonds. The number of hydrogen-bond acceptors (Lipinski definition) is 3. The van der Waals surface area contributed by atoms with Crippen LogP contribution >= 0.6 is 35.4 Å². The van der Waals surface area contributed by atoms with Crippen LogP contribution in [0.1, 0.15) is 17.3 Å². The molecule has 2 aromatic carbocycles. The van der Waals surface area contributed by atoms with Crippen LogP contribution in [-0.2, 0) is 4.74 Å². The van der Waals surface area contributed by atoms with Gasteiger partial charge in [0.2, 0.25) is 0 Å². The summed E-state index contributed by atoms with van der Waals surface area (Å²) < 4.78 is 4.93. The zero-order valence-electron chi connectivity index (χ0n) is 12.2.